The van der Waals surface area contributed by atoms with Gasteiger partial charge in [-0.2, -0.15) is 5.26 Å². The molecule has 28 heavy (non-hydrogen) atoms. The van der Waals surface area contributed by atoms with Crippen molar-refractivity contribution in [3.8, 4) is 17.5 Å². The Labute approximate surface area is 164 Å². The lowest BCUT2D eigenvalue weighted by Crippen LogP contribution is -2.38. The van der Waals surface area contributed by atoms with E-state index in [1.54, 1.807) is 36.4 Å². The van der Waals surface area contributed by atoms with Gasteiger partial charge in [0.15, 0.2) is 10.9 Å². The zero-order valence-electron chi connectivity index (χ0n) is 14.8. The van der Waals surface area contributed by atoms with Crippen LogP contribution in [0.3, 0.4) is 0 Å². The lowest BCUT2D eigenvalue weighted by atomic mass is 10.2. The van der Waals surface area contributed by atoms with E-state index in [2.05, 4.69) is 4.98 Å². The summed E-state index contributed by atoms with van der Waals surface area (Å²) in [5.74, 6) is 0.543. The maximum absolute atomic E-state index is 12.9. The van der Waals surface area contributed by atoms with Gasteiger partial charge in [-0.25, -0.2) is 9.78 Å². The fraction of sp³-hybridized carbons (Fsp3) is 0.158. The number of ether oxygens (including phenoxy) is 1. The first kappa shape index (κ1) is 17.9. The van der Waals surface area contributed by atoms with Gasteiger partial charge in [0.05, 0.1) is 24.8 Å². The zero-order valence-corrected chi connectivity index (χ0v) is 15.6. The fourth-order valence-electron chi connectivity index (χ4n) is 2.89. The van der Waals surface area contributed by atoms with Gasteiger partial charge in [0, 0.05) is 5.69 Å². The molecule has 8 nitrogen and oxygen atoms in total. The number of esters is 1. The average molecular weight is 394 g/mol. The number of nitriles is 1. The van der Waals surface area contributed by atoms with Crippen LogP contribution in [0.2, 0.25) is 0 Å². The Balaban J connectivity index is 1.68. The van der Waals surface area contributed by atoms with Crippen molar-refractivity contribution in [1.29, 1.82) is 5.26 Å². The summed E-state index contributed by atoms with van der Waals surface area (Å²) in [6, 6.07) is 12.2. The monoisotopic (exact) mass is 394 g/mol. The maximum atomic E-state index is 12.9. The second-order valence-corrected chi connectivity index (χ2v) is 6.85. The van der Waals surface area contributed by atoms with Crippen LogP contribution in [0.1, 0.15) is 15.9 Å². The number of anilines is 1. The molecule has 1 aliphatic rings. The van der Waals surface area contributed by atoms with Gasteiger partial charge in [0.1, 0.15) is 24.0 Å². The van der Waals surface area contributed by atoms with Crippen molar-refractivity contribution in [2.75, 3.05) is 17.9 Å². The van der Waals surface area contributed by atoms with E-state index in [-0.39, 0.29) is 17.9 Å². The number of aromatic nitrogens is 2. The van der Waals surface area contributed by atoms with Crippen molar-refractivity contribution in [2.45, 2.75) is 11.8 Å². The largest absolute Gasteiger partial charge is 0.465 e. The molecule has 1 aromatic carbocycles. The number of carbonyl (C=O) groups is 1. The molecule has 0 spiro atoms. The smallest absolute Gasteiger partial charge is 0.337 e. The van der Waals surface area contributed by atoms with Gasteiger partial charge in [-0.1, -0.05) is 11.8 Å². The molecule has 0 bridgehead atoms. The van der Waals surface area contributed by atoms with E-state index in [1.807, 2.05) is 11.0 Å². The van der Waals surface area contributed by atoms with E-state index in [1.165, 1.54) is 29.7 Å². The third-order valence-electron chi connectivity index (χ3n) is 4.32. The minimum atomic E-state index is -0.415. The molecule has 0 aliphatic carbocycles. The average Bonchev–Trinajstić information content (AvgIpc) is 3.28. The molecule has 4 rings (SSSR count). The number of methoxy groups -OCH3 is 1. The van der Waals surface area contributed by atoms with Crippen molar-refractivity contribution < 1.29 is 13.9 Å². The van der Waals surface area contributed by atoms with E-state index in [0.29, 0.717) is 22.4 Å². The van der Waals surface area contributed by atoms with Crippen LogP contribution in [0.25, 0.3) is 11.5 Å². The normalized spacial score (nSPS) is 12.9. The predicted octanol–water partition coefficient (Wildman–Crippen LogP) is 2.69. The molecule has 9 heteroatoms. The summed E-state index contributed by atoms with van der Waals surface area (Å²) in [4.78, 5) is 30.9. The van der Waals surface area contributed by atoms with Crippen molar-refractivity contribution >= 4 is 23.4 Å². The molecule has 3 heterocycles. The molecule has 1 aliphatic heterocycles. The Kier molecular flexibility index (Phi) is 4.63. The molecule has 0 amide bonds. The lowest BCUT2D eigenvalue weighted by molar-refractivity contribution is 0.0600. The number of furan rings is 1. The summed E-state index contributed by atoms with van der Waals surface area (Å²) >= 11 is 1.39. The van der Waals surface area contributed by atoms with Gasteiger partial charge >= 0.3 is 5.97 Å². The van der Waals surface area contributed by atoms with Crippen molar-refractivity contribution in [3.05, 3.63) is 64.1 Å². The Hall–Kier alpha value is -3.51. The first-order valence-corrected chi connectivity index (χ1v) is 9.26. The molecule has 3 aromatic rings. The summed E-state index contributed by atoms with van der Waals surface area (Å²) in [5.41, 5.74) is 1.08. The highest BCUT2D eigenvalue weighted by atomic mass is 32.2. The maximum Gasteiger partial charge on any atom is 0.337 e. The molecule has 2 aromatic heterocycles. The van der Waals surface area contributed by atoms with E-state index in [9.17, 15) is 14.9 Å². The molecule has 140 valence electrons. The minimum Gasteiger partial charge on any atom is -0.465 e. The third kappa shape index (κ3) is 3.04. The summed E-state index contributed by atoms with van der Waals surface area (Å²) in [6.45, 7) is 0.249. The first-order valence-electron chi connectivity index (χ1n) is 8.27. The molecule has 0 saturated carbocycles. The van der Waals surface area contributed by atoms with Crippen LogP contribution in [0.5, 0.6) is 0 Å². The summed E-state index contributed by atoms with van der Waals surface area (Å²) < 4.78 is 11.5. The fourth-order valence-corrected chi connectivity index (χ4v) is 3.85. The molecular weight excluding hydrogens is 380 g/mol. The van der Waals surface area contributed by atoms with Crippen molar-refractivity contribution in [1.82, 2.24) is 9.55 Å². The predicted molar refractivity (Wildman–Crippen MR) is 102 cm³/mol. The summed E-state index contributed by atoms with van der Waals surface area (Å²) in [6.07, 6.45) is 1.47. The molecule has 0 unspecified atom stereocenters. The summed E-state index contributed by atoms with van der Waals surface area (Å²) in [5, 5.41) is 10.0. The van der Waals surface area contributed by atoms with E-state index in [0.717, 1.165) is 5.69 Å². The van der Waals surface area contributed by atoms with Gasteiger partial charge in [-0.3, -0.25) is 9.36 Å². The van der Waals surface area contributed by atoms with Gasteiger partial charge in [0.2, 0.25) is 0 Å². The van der Waals surface area contributed by atoms with Crippen LogP contribution >= 0.6 is 11.8 Å². The van der Waals surface area contributed by atoms with Crippen LogP contribution in [-0.4, -0.2) is 28.5 Å². The van der Waals surface area contributed by atoms with E-state index >= 15 is 0 Å². The number of carbonyl (C=O) groups excluding carboxylic acids is 1. The van der Waals surface area contributed by atoms with Gasteiger partial charge in [0.25, 0.3) is 5.56 Å². The van der Waals surface area contributed by atoms with E-state index < -0.39 is 11.5 Å². The van der Waals surface area contributed by atoms with Gasteiger partial charge in [-0.05, 0) is 36.4 Å². The standard InChI is InChI=1S/C19H14N4O4S/c1-26-18(25)12-4-6-13(7-5-12)22-10-23-17(24)14(9-20)16(15-3-2-8-27-15)21-19(23)28-11-22/h2-8H,10-11H2,1H3. The molecular formula is C19H14N4O4S. The quantitative estimate of drug-likeness (QED) is 0.494. The topological polar surface area (TPSA) is 101 Å². The van der Waals surface area contributed by atoms with Gasteiger partial charge < -0.3 is 14.1 Å². The van der Waals surface area contributed by atoms with E-state index in [4.69, 9.17) is 9.15 Å². The zero-order chi connectivity index (χ0) is 19.7. The highest BCUT2D eigenvalue weighted by Crippen LogP contribution is 2.29. The van der Waals surface area contributed by atoms with Crippen LogP contribution in [-0.2, 0) is 11.4 Å². The molecule has 0 saturated heterocycles. The summed E-state index contributed by atoms with van der Waals surface area (Å²) in [7, 11) is 1.33. The molecule has 0 N–H and O–H groups in total. The Morgan fingerprint density at radius 2 is 2.11 bits per heavy atom. The second kappa shape index (κ2) is 7.25. The second-order valence-electron chi connectivity index (χ2n) is 5.93. The van der Waals surface area contributed by atoms with Crippen LogP contribution in [0.15, 0.2) is 57.0 Å². The lowest BCUT2D eigenvalue weighted by Gasteiger charge is -2.30. The molecule has 0 radical (unpaired) electrons. The number of hydrogen-bond acceptors (Lipinski definition) is 8. The number of thioether (sulfide) groups is 1. The molecule has 0 fully saturated rings. The van der Waals surface area contributed by atoms with Crippen molar-refractivity contribution in [3.63, 3.8) is 0 Å². The number of rotatable bonds is 3. The SMILES string of the molecule is COC(=O)c1ccc(N2CSc3nc(-c4ccco4)c(C#N)c(=O)n3C2)cc1. The van der Waals surface area contributed by atoms with Crippen LogP contribution < -0.4 is 10.5 Å². The number of nitrogens with zero attached hydrogens (tertiary/aromatic N) is 4. The third-order valence-corrected chi connectivity index (χ3v) is 5.33. The van der Waals surface area contributed by atoms with Gasteiger partial charge in [-0.15, -0.1) is 0 Å². The highest BCUT2D eigenvalue weighted by molar-refractivity contribution is 7.99. The Morgan fingerprint density at radius 3 is 2.75 bits per heavy atom. The van der Waals surface area contributed by atoms with Crippen LogP contribution in [0.4, 0.5) is 5.69 Å². The number of hydrogen-bond donors (Lipinski definition) is 0. The number of fused-ring (bicyclic) bond motifs is 1. The highest BCUT2D eigenvalue weighted by Gasteiger charge is 2.25. The minimum absolute atomic E-state index is 0.0535. The first-order chi connectivity index (χ1) is 13.6. The Morgan fingerprint density at radius 1 is 1.32 bits per heavy atom. The number of benzene rings is 1. The van der Waals surface area contributed by atoms with Crippen LogP contribution in [0, 0.1) is 11.3 Å². The Bertz CT molecular complexity index is 1130. The molecule has 0 atom stereocenters. The van der Waals surface area contributed by atoms with Crippen molar-refractivity contribution in [2.24, 2.45) is 0 Å².